The number of anilines is 1. The minimum Gasteiger partial charge on any atom is -0.444 e. The van der Waals surface area contributed by atoms with Crippen LogP contribution in [-0.2, 0) is 4.74 Å². The standard InChI is InChI=1S/C19H28BrFN2O2/c1-13(22-17-12-14(20)8-9-16(17)21)11-15-7-5-6-10-23(15)18(24)25-19(2,3)4/h8-9,12-13,15,22H,5-7,10-11H2,1-4H3. The summed E-state index contributed by atoms with van der Waals surface area (Å²) in [6, 6.07) is 5.00. The fourth-order valence-electron chi connectivity index (χ4n) is 3.15. The highest BCUT2D eigenvalue weighted by molar-refractivity contribution is 9.10. The van der Waals surface area contributed by atoms with Crippen LogP contribution in [0.2, 0.25) is 0 Å². The molecule has 1 aliphatic rings. The molecule has 0 bridgehead atoms. The van der Waals surface area contributed by atoms with Crippen molar-refractivity contribution in [3.05, 3.63) is 28.5 Å². The summed E-state index contributed by atoms with van der Waals surface area (Å²) in [7, 11) is 0. The molecule has 0 saturated carbocycles. The molecule has 6 heteroatoms. The largest absolute Gasteiger partial charge is 0.444 e. The van der Waals surface area contributed by atoms with Gasteiger partial charge in [0.2, 0.25) is 0 Å². The molecule has 140 valence electrons. The molecule has 0 radical (unpaired) electrons. The summed E-state index contributed by atoms with van der Waals surface area (Å²) in [5.74, 6) is -0.275. The van der Waals surface area contributed by atoms with Gasteiger partial charge in [-0.05, 0) is 71.6 Å². The van der Waals surface area contributed by atoms with Crippen LogP contribution in [0.1, 0.15) is 53.4 Å². The van der Waals surface area contributed by atoms with Gasteiger partial charge in [0.15, 0.2) is 0 Å². The summed E-state index contributed by atoms with van der Waals surface area (Å²) in [5.41, 5.74) is -0.0240. The van der Waals surface area contributed by atoms with Crippen molar-refractivity contribution < 1.29 is 13.9 Å². The van der Waals surface area contributed by atoms with Gasteiger partial charge in [-0.25, -0.2) is 9.18 Å². The van der Waals surface area contributed by atoms with Crippen molar-refractivity contribution in [2.75, 3.05) is 11.9 Å². The van der Waals surface area contributed by atoms with E-state index in [2.05, 4.69) is 21.2 Å². The van der Waals surface area contributed by atoms with E-state index in [0.29, 0.717) is 5.69 Å². The number of amides is 1. The summed E-state index contributed by atoms with van der Waals surface area (Å²) in [5, 5.41) is 3.22. The molecule has 1 saturated heterocycles. The van der Waals surface area contributed by atoms with Crippen LogP contribution in [0.25, 0.3) is 0 Å². The fraction of sp³-hybridized carbons (Fsp3) is 0.632. The highest BCUT2D eigenvalue weighted by Gasteiger charge is 2.31. The van der Waals surface area contributed by atoms with Gasteiger partial charge >= 0.3 is 6.09 Å². The van der Waals surface area contributed by atoms with Crippen molar-refractivity contribution >= 4 is 27.7 Å². The maximum absolute atomic E-state index is 13.9. The number of halogens is 2. The smallest absolute Gasteiger partial charge is 0.410 e. The molecular weight excluding hydrogens is 387 g/mol. The van der Waals surface area contributed by atoms with E-state index in [0.717, 1.165) is 36.7 Å². The van der Waals surface area contributed by atoms with Crippen LogP contribution >= 0.6 is 15.9 Å². The predicted molar refractivity (Wildman–Crippen MR) is 102 cm³/mol. The van der Waals surface area contributed by atoms with Crippen LogP contribution < -0.4 is 5.32 Å². The van der Waals surface area contributed by atoms with Gasteiger partial charge in [0, 0.05) is 23.1 Å². The Morgan fingerprint density at radius 1 is 1.44 bits per heavy atom. The van der Waals surface area contributed by atoms with Crippen molar-refractivity contribution in [2.24, 2.45) is 0 Å². The fourth-order valence-corrected chi connectivity index (χ4v) is 3.51. The minimum atomic E-state index is -0.498. The zero-order valence-corrected chi connectivity index (χ0v) is 17.0. The number of piperidine rings is 1. The third kappa shape index (κ3) is 6.17. The number of hydrogen-bond acceptors (Lipinski definition) is 3. The maximum Gasteiger partial charge on any atom is 0.410 e. The van der Waals surface area contributed by atoms with Crippen LogP contribution in [0.4, 0.5) is 14.9 Å². The Balaban J connectivity index is 2.00. The van der Waals surface area contributed by atoms with Gasteiger partial charge in [-0.3, -0.25) is 0 Å². The number of ether oxygens (including phenoxy) is 1. The zero-order valence-electron chi connectivity index (χ0n) is 15.4. The third-order valence-corrected chi connectivity index (χ3v) is 4.70. The molecule has 1 amide bonds. The van der Waals surface area contributed by atoms with Crippen molar-refractivity contribution in [3.8, 4) is 0 Å². The van der Waals surface area contributed by atoms with E-state index >= 15 is 0 Å². The number of hydrogen-bond donors (Lipinski definition) is 1. The molecule has 0 aromatic heterocycles. The maximum atomic E-state index is 13.9. The molecule has 2 atom stereocenters. The van der Waals surface area contributed by atoms with Crippen LogP contribution in [0.3, 0.4) is 0 Å². The van der Waals surface area contributed by atoms with Crippen LogP contribution in [0.15, 0.2) is 22.7 Å². The van der Waals surface area contributed by atoms with Gasteiger partial charge in [0.25, 0.3) is 0 Å². The number of carbonyl (C=O) groups is 1. The van der Waals surface area contributed by atoms with Crippen LogP contribution in [0, 0.1) is 5.82 Å². The number of benzene rings is 1. The monoisotopic (exact) mass is 414 g/mol. The van der Waals surface area contributed by atoms with Crippen molar-refractivity contribution in [2.45, 2.75) is 71.1 Å². The lowest BCUT2D eigenvalue weighted by atomic mass is 9.96. The average Bonchev–Trinajstić information content (AvgIpc) is 2.49. The van der Waals surface area contributed by atoms with E-state index in [9.17, 15) is 9.18 Å². The topological polar surface area (TPSA) is 41.6 Å². The van der Waals surface area contributed by atoms with Crippen LogP contribution in [-0.4, -0.2) is 35.2 Å². The molecule has 1 aliphatic heterocycles. The normalized spacial score (nSPS) is 19.4. The lowest BCUT2D eigenvalue weighted by Gasteiger charge is -2.38. The lowest BCUT2D eigenvalue weighted by molar-refractivity contribution is 0.00851. The van der Waals surface area contributed by atoms with E-state index in [1.807, 2.05) is 32.6 Å². The molecule has 0 spiro atoms. The molecular formula is C19H28BrFN2O2. The highest BCUT2D eigenvalue weighted by atomic mass is 79.9. The van der Waals surface area contributed by atoms with E-state index in [-0.39, 0.29) is 24.0 Å². The Morgan fingerprint density at radius 3 is 2.84 bits per heavy atom. The van der Waals surface area contributed by atoms with E-state index in [4.69, 9.17) is 4.74 Å². The second kappa shape index (κ2) is 8.39. The number of nitrogens with one attached hydrogen (secondary N) is 1. The van der Waals surface area contributed by atoms with Crippen molar-refractivity contribution in [1.82, 2.24) is 4.90 Å². The molecule has 0 aliphatic carbocycles. The molecule has 1 aromatic carbocycles. The summed E-state index contributed by atoms with van der Waals surface area (Å²) < 4.78 is 20.3. The number of likely N-dealkylation sites (tertiary alicyclic amines) is 1. The van der Waals surface area contributed by atoms with E-state index < -0.39 is 5.60 Å². The first-order valence-electron chi connectivity index (χ1n) is 8.87. The second-order valence-corrected chi connectivity index (χ2v) is 8.64. The van der Waals surface area contributed by atoms with Gasteiger partial charge in [-0.1, -0.05) is 15.9 Å². The molecule has 2 unspecified atom stereocenters. The SMILES string of the molecule is CC(CC1CCCCN1C(=O)OC(C)(C)C)Nc1cc(Br)ccc1F. The highest BCUT2D eigenvalue weighted by Crippen LogP contribution is 2.26. The van der Waals surface area contributed by atoms with Gasteiger partial charge in [0.1, 0.15) is 11.4 Å². The van der Waals surface area contributed by atoms with E-state index in [1.165, 1.54) is 6.07 Å². The van der Waals surface area contributed by atoms with Crippen molar-refractivity contribution in [1.29, 1.82) is 0 Å². The van der Waals surface area contributed by atoms with E-state index in [1.54, 1.807) is 12.1 Å². The molecule has 1 fully saturated rings. The van der Waals surface area contributed by atoms with Gasteiger partial charge in [0.05, 0.1) is 5.69 Å². The molecule has 2 rings (SSSR count). The number of carbonyl (C=O) groups excluding carboxylic acids is 1. The molecule has 1 aromatic rings. The quantitative estimate of drug-likeness (QED) is 0.699. The Morgan fingerprint density at radius 2 is 2.16 bits per heavy atom. The second-order valence-electron chi connectivity index (χ2n) is 7.73. The Kier molecular flexibility index (Phi) is 6.72. The Labute approximate surface area is 158 Å². The zero-order chi connectivity index (χ0) is 18.6. The molecule has 25 heavy (non-hydrogen) atoms. The number of rotatable bonds is 4. The molecule has 1 heterocycles. The first kappa shape index (κ1) is 20.0. The Hall–Kier alpha value is -1.30. The van der Waals surface area contributed by atoms with Gasteiger partial charge < -0.3 is 15.0 Å². The Bertz CT molecular complexity index is 604. The minimum absolute atomic E-state index is 0.0387. The molecule has 4 nitrogen and oxygen atoms in total. The third-order valence-electron chi connectivity index (χ3n) is 4.21. The van der Waals surface area contributed by atoms with Crippen LogP contribution in [0.5, 0.6) is 0 Å². The van der Waals surface area contributed by atoms with Gasteiger partial charge in [-0.2, -0.15) is 0 Å². The number of nitrogens with zero attached hydrogens (tertiary/aromatic N) is 1. The first-order valence-corrected chi connectivity index (χ1v) is 9.66. The summed E-state index contributed by atoms with van der Waals surface area (Å²) >= 11 is 3.37. The summed E-state index contributed by atoms with van der Waals surface area (Å²) in [4.78, 5) is 14.3. The van der Waals surface area contributed by atoms with Crippen molar-refractivity contribution in [3.63, 3.8) is 0 Å². The summed E-state index contributed by atoms with van der Waals surface area (Å²) in [6.07, 6.45) is 3.55. The van der Waals surface area contributed by atoms with Gasteiger partial charge in [-0.15, -0.1) is 0 Å². The first-order chi connectivity index (χ1) is 11.7. The lowest BCUT2D eigenvalue weighted by Crippen LogP contribution is -2.47. The summed E-state index contributed by atoms with van der Waals surface area (Å²) in [6.45, 7) is 8.37. The predicted octanol–water partition coefficient (Wildman–Crippen LogP) is 5.57. The average molecular weight is 415 g/mol. The molecule has 1 N–H and O–H groups in total.